The Morgan fingerprint density at radius 1 is 1.16 bits per heavy atom. The number of anilines is 1. The van der Waals surface area contributed by atoms with Crippen LogP contribution in [0.4, 0.5) is 10.1 Å². The highest BCUT2D eigenvalue weighted by molar-refractivity contribution is 7.92. The highest BCUT2D eigenvalue weighted by Gasteiger charge is 2.16. The molecule has 0 aliphatic heterocycles. The Morgan fingerprint density at radius 2 is 1.89 bits per heavy atom. The summed E-state index contributed by atoms with van der Waals surface area (Å²) < 4.78 is 39.9. The molecule has 0 saturated heterocycles. The Bertz CT molecular complexity index is 716. The second kappa shape index (κ2) is 5.19. The largest absolute Gasteiger partial charge is 0.277 e. The first-order chi connectivity index (χ1) is 8.88. The maximum absolute atomic E-state index is 13.5. The number of benzene rings is 2. The van der Waals surface area contributed by atoms with Gasteiger partial charge in [0.05, 0.1) is 10.6 Å². The SMILES string of the molecule is Cc1cccc(S(=O)(=O)Nc2cc(Cl)ccc2F)c1. The van der Waals surface area contributed by atoms with E-state index in [1.54, 1.807) is 19.1 Å². The van der Waals surface area contributed by atoms with Gasteiger partial charge in [0.1, 0.15) is 5.82 Å². The van der Waals surface area contributed by atoms with Crippen molar-refractivity contribution in [2.24, 2.45) is 0 Å². The third kappa shape index (κ3) is 3.24. The van der Waals surface area contributed by atoms with E-state index in [1.165, 1.54) is 24.3 Å². The minimum absolute atomic E-state index is 0.0758. The van der Waals surface area contributed by atoms with Crippen molar-refractivity contribution in [2.75, 3.05) is 4.72 Å². The first-order valence-electron chi connectivity index (χ1n) is 5.43. The van der Waals surface area contributed by atoms with E-state index in [1.807, 2.05) is 0 Å². The van der Waals surface area contributed by atoms with Crippen molar-refractivity contribution in [1.82, 2.24) is 0 Å². The molecule has 0 radical (unpaired) electrons. The van der Waals surface area contributed by atoms with Gasteiger partial charge in [-0.2, -0.15) is 0 Å². The van der Waals surface area contributed by atoms with Crippen LogP contribution in [0, 0.1) is 12.7 Å². The van der Waals surface area contributed by atoms with Crippen molar-refractivity contribution in [1.29, 1.82) is 0 Å². The predicted molar refractivity (Wildman–Crippen MR) is 73.4 cm³/mol. The van der Waals surface area contributed by atoms with Crippen molar-refractivity contribution in [2.45, 2.75) is 11.8 Å². The van der Waals surface area contributed by atoms with E-state index in [9.17, 15) is 12.8 Å². The van der Waals surface area contributed by atoms with Crippen molar-refractivity contribution in [3.05, 3.63) is 58.9 Å². The molecule has 100 valence electrons. The molecule has 0 fully saturated rings. The molecule has 6 heteroatoms. The van der Waals surface area contributed by atoms with Crippen molar-refractivity contribution >= 4 is 27.3 Å². The molecule has 0 saturated carbocycles. The quantitative estimate of drug-likeness (QED) is 0.941. The van der Waals surface area contributed by atoms with Crippen LogP contribution >= 0.6 is 11.6 Å². The summed E-state index contributed by atoms with van der Waals surface area (Å²) in [5.41, 5.74) is 0.628. The molecule has 0 unspecified atom stereocenters. The number of hydrogen-bond donors (Lipinski definition) is 1. The standard InChI is InChI=1S/C13H11ClFNO2S/c1-9-3-2-4-11(7-9)19(17,18)16-13-8-10(14)5-6-12(13)15/h2-8,16H,1H3. The summed E-state index contributed by atoms with van der Waals surface area (Å²) in [6, 6.07) is 10.0. The van der Waals surface area contributed by atoms with Crippen LogP contribution in [0.5, 0.6) is 0 Å². The van der Waals surface area contributed by atoms with Crippen LogP contribution in [0.15, 0.2) is 47.4 Å². The smallest absolute Gasteiger partial charge is 0.261 e. The number of aryl methyl sites for hydroxylation is 1. The molecule has 0 heterocycles. The maximum Gasteiger partial charge on any atom is 0.261 e. The van der Waals surface area contributed by atoms with Gasteiger partial charge in [0.2, 0.25) is 0 Å². The van der Waals surface area contributed by atoms with Gasteiger partial charge in [0.25, 0.3) is 10.0 Å². The Kier molecular flexibility index (Phi) is 3.78. The lowest BCUT2D eigenvalue weighted by atomic mass is 10.2. The van der Waals surface area contributed by atoms with Gasteiger partial charge in [-0.3, -0.25) is 4.72 Å². The Morgan fingerprint density at radius 3 is 2.58 bits per heavy atom. The fourth-order valence-electron chi connectivity index (χ4n) is 1.56. The van der Waals surface area contributed by atoms with Crippen molar-refractivity contribution in [3.63, 3.8) is 0 Å². The molecule has 0 aliphatic carbocycles. The van der Waals surface area contributed by atoms with E-state index in [-0.39, 0.29) is 15.6 Å². The van der Waals surface area contributed by atoms with Crippen molar-refractivity contribution in [3.8, 4) is 0 Å². The van der Waals surface area contributed by atoms with Gasteiger partial charge in [0.15, 0.2) is 0 Å². The number of halogens is 2. The summed E-state index contributed by atoms with van der Waals surface area (Å²) in [7, 11) is -3.82. The van der Waals surface area contributed by atoms with Gasteiger partial charge >= 0.3 is 0 Å². The topological polar surface area (TPSA) is 46.2 Å². The minimum Gasteiger partial charge on any atom is -0.277 e. The molecule has 2 aromatic rings. The molecule has 2 aromatic carbocycles. The van der Waals surface area contributed by atoms with Gasteiger partial charge < -0.3 is 0 Å². The zero-order valence-electron chi connectivity index (χ0n) is 10.0. The van der Waals surface area contributed by atoms with Gasteiger partial charge in [-0.05, 0) is 42.8 Å². The van der Waals surface area contributed by atoms with E-state index in [0.29, 0.717) is 0 Å². The predicted octanol–water partition coefficient (Wildman–Crippen LogP) is 3.59. The van der Waals surface area contributed by atoms with Crippen LogP contribution in [0.3, 0.4) is 0 Å². The zero-order chi connectivity index (χ0) is 14.0. The average molecular weight is 300 g/mol. The van der Waals surface area contributed by atoms with Crippen LogP contribution in [-0.4, -0.2) is 8.42 Å². The maximum atomic E-state index is 13.5. The summed E-state index contributed by atoms with van der Waals surface area (Å²) >= 11 is 5.72. The third-order valence-corrected chi connectivity index (χ3v) is 4.07. The summed E-state index contributed by atoms with van der Waals surface area (Å²) in [5.74, 6) is -0.680. The van der Waals surface area contributed by atoms with Gasteiger partial charge in [-0.15, -0.1) is 0 Å². The number of nitrogens with one attached hydrogen (secondary N) is 1. The van der Waals surface area contributed by atoms with Gasteiger partial charge in [0, 0.05) is 5.02 Å². The second-order valence-electron chi connectivity index (χ2n) is 4.05. The molecule has 0 atom stereocenters. The molecule has 2 rings (SSSR count). The first-order valence-corrected chi connectivity index (χ1v) is 7.29. The van der Waals surface area contributed by atoms with Crippen LogP contribution < -0.4 is 4.72 Å². The molecule has 1 N–H and O–H groups in total. The molecular formula is C13H11ClFNO2S. The monoisotopic (exact) mass is 299 g/mol. The highest BCUT2D eigenvalue weighted by atomic mass is 35.5. The number of rotatable bonds is 3. The number of hydrogen-bond acceptors (Lipinski definition) is 2. The molecule has 0 bridgehead atoms. The lowest BCUT2D eigenvalue weighted by Crippen LogP contribution is -2.14. The van der Waals surface area contributed by atoms with E-state index in [0.717, 1.165) is 11.6 Å². The van der Waals surface area contributed by atoms with Crippen molar-refractivity contribution < 1.29 is 12.8 Å². The van der Waals surface area contributed by atoms with E-state index < -0.39 is 15.8 Å². The molecule has 0 aliphatic rings. The third-order valence-electron chi connectivity index (χ3n) is 2.47. The lowest BCUT2D eigenvalue weighted by molar-refractivity contribution is 0.598. The normalized spacial score (nSPS) is 11.3. The van der Waals surface area contributed by atoms with Gasteiger partial charge in [-0.1, -0.05) is 23.7 Å². The van der Waals surface area contributed by atoms with Gasteiger partial charge in [-0.25, -0.2) is 12.8 Å². The summed E-state index contributed by atoms with van der Waals surface area (Å²) in [6.45, 7) is 1.78. The molecule has 0 aromatic heterocycles. The number of sulfonamides is 1. The minimum atomic E-state index is -3.82. The highest BCUT2D eigenvalue weighted by Crippen LogP contribution is 2.23. The molecule has 0 amide bonds. The van der Waals surface area contributed by atoms with Crippen LogP contribution in [0.25, 0.3) is 0 Å². The molecule has 0 spiro atoms. The van der Waals surface area contributed by atoms with E-state index in [4.69, 9.17) is 11.6 Å². The van der Waals surface area contributed by atoms with Crippen LogP contribution in [-0.2, 0) is 10.0 Å². The van der Waals surface area contributed by atoms with E-state index >= 15 is 0 Å². The molecular weight excluding hydrogens is 289 g/mol. The van der Waals surface area contributed by atoms with E-state index in [2.05, 4.69) is 4.72 Å². The second-order valence-corrected chi connectivity index (χ2v) is 6.17. The average Bonchev–Trinajstić information content (AvgIpc) is 2.33. The molecule has 3 nitrogen and oxygen atoms in total. The Balaban J connectivity index is 2.39. The van der Waals surface area contributed by atoms with Crippen LogP contribution in [0.2, 0.25) is 5.02 Å². The zero-order valence-corrected chi connectivity index (χ0v) is 11.6. The Hall–Kier alpha value is -1.59. The first kappa shape index (κ1) is 13.8. The lowest BCUT2D eigenvalue weighted by Gasteiger charge is -2.09. The summed E-state index contributed by atoms with van der Waals surface area (Å²) in [4.78, 5) is 0.0758. The van der Waals surface area contributed by atoms with Crippen LogP contribution in [0.1, 0.15) is 5.56 Å². The fraction of sp³-hybridized carbons (Fsp3) is 0.0769. The Labute approximate surface area is 116 Å². The molecule has 19 heavy (non-hydrogen) atoms. The summed E-state index contributed by atoms with van der Waals surface area (Å²) in [5, 5.41) is 0.253. The summed E-state index contributed by atoms with van der Waals surface area (Å²) in [6.07, 6.45) is 0. The fourth-order valence-corrected chi connectivity index (χ4v) is 2.90.